The Balaban J connectivity index is 1.56. The van der Waals surface area contributed by atoms with Crippen molar-refractivity contribution in [1.29, 1.82) is 0 Å². The molecule has 0 saturated carbocycles. The summed E-state index contributed by atoms with van der Waals surface area (Å²) in [6.07, 6.45) is 1.89. The summed E-state index contributed by atoms with van der Waals surface area (Å²) in [6, 6.07) is 8.37. The minimum absolute atomic E-state index is 0.0865. The number of thiazole rings is 1. The monoisotopic (exact) mass is 385 g/mol. The Morgan fingerprint density at radius 3 is 2.78 bits per heavy atom. The van der Waals surface area contributed by atoms with E-state index in [1.165, 1.54) is 11.3 Å². The standard InChI is InChI=1S/C19H23N5O2S/c1-11-14(12(2)23-22-11)8-20-18(25)16-10-27-19-21-15(9-24(16)19)13-6-4-5-7-17(13)26-3/h4-7,9-12,14,22-23H,8H2,1-3H3,(H,20,25). The fourth-order valence-electron chi connectivity index (χ4n) is 3.50. The van der Waals surface area contributed by atoms with Crippen LogP contribution >= 0.6 is 11.3 Å². The van der Waals surface area contributed by atoms with Gasteiger partial charge in [-0.3, -0.25) is 20.0 Å². The average molecular weight is 385 g/mol. The quantitative estimate of drug-likeness (QED) is 0.628. The van der Waals surface area contributed by atoms with Gasteiger partial charge in [-0.25, -0.2) is 4.98 Å². The molecule has 4 rings (SSSR count). The minimum atomic E-state index is -0.0865. The van der Waals surface area contributed by atoms with Gasteiger partial charge in [-0.2, -0.15) is 0 Å². The number of benzene rings is 1. The molecule has 1 aromatic carbocycles. The number of nitrogens with zero attached hydrogens (tertiary/aromatic N) is 2. The molecule has 3 aromatic rings. The number of fused-ring (bicyclic) bond motifs is 1. The third-order valence-electron chi connectivity index (χ3n) is 5.15. The highest BCUT2D eigenvalue weighted by Crippen LogP contribution is 2.30. The average Bonchev–Trinajstić information content (AvgIpc) is 3.34. The maximum absolute atomic E-state index is 12.7. The molecule has 0 bridgehead atoms. The number of nitrogens with one attached hydrogen (secondary N) is 3. The molecule has 3 N–H and O–H groups in total. The van der Waals surface area contributed by atoms with Crippen molar-refractivity contribution in [1.82, 2.24) is 25.6 Å². The van der Waals surface area contributed by atoms with E-state index in [1.54, 1.807) is 7.11 Å². The molecule has 2 atom stereocenters. The summed E-state index contributed by atoms with van der Waals surface area (Å²) >= 11 is 1.46. The topological polar surface area (TPSA) is 79.7 Å². The van der Waals surface area contributed by atoms with E-state index in [0.29, 0.717) is 30.2 Å². The zero-order valence-corrected chi connectivity index (χ0v) is 16.3. The molecule has 0 aliphatic carbocycles. The Hall–Kier alpha value is -2.42. The second kappa shape index (κ2) is 7.30. The first-order valence-corrected chi connectivity index (χ1v) is 9.85. The molecule has 1 aliphatic rings. The lowest BCUT2D eigenvalue weighted by Gasteiger charge is -2.18. The molecular weight excluding hydrogens is 362 g/mol. The number of aromatic nitrogens is 2. The zero-order valence-electron chi connectivity index (χ0n) is 15.5. The number of amides is 1. The van der Waals surface area contributed by atoms with Gasteiger partial charge in [0, 0.05) is 41.7 Å². The summed E-state index contributed by atoms with van der Waals surface area (Å²) in [5.74, 6) is 1.02. The van der Waals surface area contributed by atoms with Gasteiger partial charge in [0.15, 0.2) is 4.96 Å². The molecule has 1 aliphatic heterocycles. The fraction of sp³-hybridized carbons (Fsp3) is 0.368. The first kappa shape index (κ1) is 18.0. The van der Waals surface area contributed by atoms with E-state index in [0.717, 1.165) is 22.0 Å². The van der Waals surface area contributed by atoms with Crippen molar-refractivity contribution in [3.63, 3.8) is 0 Å². The highest BCUT2D eigenvalue weighted by molar-refractivity contribution is 7.15. The molecule has 8 heteroatoms. The van der Waals surface area contributed by atoms with E-state index in [-0.39, 0.29) is 5.91 Å². The van der Waals surface area contributed by atoms with Crippen LogP contribution in [0.3, 0.4) is 0 Å². The van der Waals surface area contributed by atoms with Crippen LogP contribution in [0.4, 0.5) is 0 Å². The maximum atomic E-state index is 12.7. The van der Waals surface area contributed by atoms with Gasteiger partial charge < -0.3 is 10.1 Å². The summed E-state index contributed by atoms with van der Waals surface area (Å²) < 4.78 is 7.28. The van der Waals surface area contributed by atoms with Gasteiger partial charge >= 0.3 is 0 Å². The molecule has 7 nitrogen and oxygen atoms in total. The summed E-state index contributed by atoms with van der Waals surface area (Å²) in [6.45, 7) is 4.85. The Morgan fingerprint density at radius 2 is 2.04 bits per heavy atom. The molecule has 142 valence electrons. The van der Waals surface area contributed by atoms with E-state index in [1.807, 2.05) is 40.2 Å². The molecule has 0 spiro atoms. The summed E-state index contributed by atoms with van der Waals surface area (Å²) in [5.41, 5.74) is 8.73. The van der Waals surface area contributed by atoms with Gasteiger partial charge in [-0.1, -0.05) is 12.1 Å². The van der Waals surface area contributed by atoms with E-state index < -0.39 is 0 Å². The number of ether oxygens (including phenoxy) is 1. The second-order valence-corrected chi connectivity index (χ2v) is 7.68. The van der Waals surface area contributed by atoms with Crippen LogP contribution in [0.1, 0.15) is 24.3 Å². The van der Waals surface area contributed by atoms with Crippen LogP contribution in [0.15, 0.2) is 35.8 Å². The smallest absolute Gasteiger partial charge is 0.269 e. The number of hydrazine groups is 1. The minimum Gasteiger partial charge on any atom is -0.496 e. The lowest BCUT2D eigenvalue weighted by atomic mass is 9.97. The Kier molecular flexibility index (Phi) is 4.86. The van der Waals surface area contributed by atoms with Crippen molar-refractivity contribution in [2.24, 2.45) is 5.92 Å². The number of methoxy groups -OCH3 is 1. The van der Waals surface area contributed by atoms with Gasteiger partial charge in [0.1, 0.15) is 11.4 Å². The van der Waals surface area contributed by atoms with E-state index >= 15 is 0 Å². The van der Waals surface area contributed by atoms with E-state index in [9.17, 15) is 4.79 Å². The number of carbonyl (C=O) groups excluding carboxylic acids is 1. The molecule has 1 fully saturated rings. The van der Waals surface area contributed by atoms with Crippen molar-refractivity contribution < 1.29 is 9.53 Å². The Bertz CT molecular complexity index is 956. The number of imidazole rings is 1. The predicted octanol–water partition coefficient (Wildman–Crippen LogP) is 2.30. The molecule has 2 aromatic heterocycles. The third-order valence-corrected chi connectivity index (χ3v) is 5.99. The predicted molar refractivity (Wildman–Crippen MR) is 106 cm³/mol. The Morgan fingerprint density at radius 1 is 1.30 bits per heavy atom. The SMILES string of the molecule is COc1ccccc1-c1cn2c(C(=O)NCC3C(C)NNC3C)csc2n1. The second-order valence-electron chi connectivity index (χ2n) is 6.84. The van der Waals surface area contributed by atoms with Gasteiger partial charge in [-0.15, -0.1) is 11.3 Å². The number of rotatable bonds is 5. The lowest BCUT2D eigenvalue weighted by molar-refractivity contribution is 0.0940. The zero-order chi connectivity index (χ0) is 19.0. The van der Waals surface area contributed by atoms with Crippen LogP contribution < -0.4 is 20.9 Å². The van der Waals surface area contributed by atoms with Crippen LogP contribution in [0.25, 0.3) is 16.2 Å². The van der Waals surface area contributed by atoms with Crippen LogP contribution in [-0.4, -0.2) is 41.0 Å². The molecule has 0 radical (unpaired) electrons. The normalized spacial score (nSPS) is 22.3. The van der Waals surface area contributed by atoms with Crippen LogP contribution in [-0.2, 0) is 0 Å². The van der Waals surface area contributed by atoms with Gasteiger partial charge in [0.2, 0.25) is 0 Å². The van der Waals surface area contributed by atoms with Crippen LogP contribution in [0, 0.1) is 5.92 Å². The number of para-hydroxylation sites is 1. The van der Waals surface area contributed by atoms with Crippen molar-refractivity contribution >= 4 is 22.2 Å². The molecule has 1 amide bonds. The highest BCUT2D eigenvalue weighted by atomic mass is 32.1. The van der Waals surface area contributed by atoms with Gasteiger partial charge in [0.25, 0.3) is 5.91 Å². The number of hydrogen-bond donors (Lipinski definition) is 3. The van der Waals surface area contributed by atoms with Crippen LogP contribution in [0.5, 0.6) is 5.75 Å². The van der Waals surface area contributed by atoms with Gasteiger partial charge in [0.05, 0.1) is 12.8 Å². The number of carbonyl (C=O) groups is 1. The summed E-state index contributed by atoms with van der Waals surface area (Å²) in [5, 5.41) is 4.91. The van der Waals surface area contributed by atoms with Crippen molar-refractivity contribution in [2.75, 3.05) is 13.7 Å². The first-order chi connectivity index (χ1) is 13.1. The lowest BCUT2D eigenvalue weighted by Crippen LogP contribution is -2.37. The molecule has 2 unspecified atom stereocenters. The summed E-state index contributed by atoms with van der Waals surface area (Å²) in [7, 11) is 1.64. The fourth-order valence-corrected chi connectivity index (χ4v) is 4.35. The van der Waals surface area contributed by atoms with E-state index in [2.05, 4.69) is 35.0 Å². The largest absolute Gasteiger partial charge is 0.496 e. The first-order valence-electron chi connectivity index (χ1n) is 8.97. The maximum Gasteiger partial charge on any atom is 0.269 e. The molecule has 3 heterocycles. The van der Waals surface area contributed by atoms with Crippen molar-refractivity contribution in [3.05, 3.63) is 41.5 Å². The Labute approximate surface area is 161 Å². The van der Waals surface area contributed by atoms with Crippen LogP contribution in [0.2, 0.25) is 0 Å². The molecule has 27 heavy (non-hydrogen) atoms. The van der Waals surface area contributed by atoms with Crippen molar-refractivity contribution in [2.45, 2.75) is 25.9 Å². The number of hydrogen-bond acceptors (Lipinski definition) is 6. The van der Waals surface area contributed by atoms with E-state index in [4.69, 9.17) is 4.74 Å². The van der Waals surface area contributed by atoms with Gasteiger partial charge in [-0.05, 0) is 26.0 Å². The molecular formula is C19H23N5O2S. The highest BCUT2D eigenvalue weighted by Gasteiger charge is 2.30. The molecule has 1 saturated heterocycles. The van der Waals surface area contributed by atoms with Crippen molar-refractivity contribution in [3.8, 4) is 17.0 Å². The third kappa shape index (κ3) is 3.31. The summed E-state index contributed by atoms with van der Waals surface area (Å²) in [4.78, 5) is 18.2.